The van der Waals surface area contributed by atoms with Crippen LogP contribution in [0.1, 0.15) is 36.4 Å². The molecule has 1 saturated carbocycles. The zero-order chi connectivity index (χ0) is 12.6. The zero-order valence-electron chi connectivity index (χ0n) is 9.72. The van der Waals surface area contributed by atoms with Crippen LogP contribution in [0.15, 0.2) is 18.2 Å². The second-order valence-corrected chi connectivity index (χ2v) is 4.91. The first-order valence-electron chi connectivity index (χ1n) is 5.78. The van der Waals surface area contributed by atoms with E-state index in [2.05, 4.69) is 0 Å². The lowest BCUT2D eigenvalue weighted by Gasteiger charge is -2.20. The maximum Gasteiger partial charge on any atom is 0.248 e. The maximum atomic E-state index is 13.6. The molecule has 0 aromatic heterocycles. The van der Waals surface area contributed by atoms with Gasteiger partial charge in [-0.3, -0.25) is 0 Å². The Morgan fingerprint density at radius 1 is 1.41 bits per heavy atom. The van der Waals surface area contributed by atoms with Gasteiger partial charge in [0.2, 0.25) is 5.92 Å². The maximum absolute atomic E-state index is 13.6. The van der Waals surface area contributed by atoms with Gasteiger partial charge in [-0.25, -0.2) is 13.2 Å². The van der Waals surface area contributed by atoms with Crippen LogP contribution < -0.4 is 5.73 Å². The molecule has 1 aliphatic carbocycles. The molecule has 17 heavy (non-hydrogen) atoms. The van der Waals surface area contributed by atoms with E-state index in [0.717, 1.165) is 5.56 Å². The molecule has 0 amide bonds. The SMILES string of the molecule is Cc1ccc(F)c(C(N)C2CCC(F)(F)C2)c1. The van der Waals surface area contributed by atoms with E-state index in [9.17, 15) is 13.2 Å². The van der Waals surface area contributed by atoms with Crippen LogP contribution in [0.2, 0.25) is 0 Å². The highest BCUT2D eigenvalue weighted by Crippen LogP contribution is 2.43. The molecule has 1 fully saturated rings. The molecule has 0 heterocycles. The minimum atomic E-state index is -2.64. The smallest absolute Gasteiger partial charge is 0.248 e. The Hall–Kier alpha value is -1.03. The van der Waals surface area contributed by atoms with Gasteiger partial charge >= 0.3 is 0 Å². The molecule has 2 rings (SSSR count). The number of hydrogen-bond acceptors (Lipinski definition) is 1. The summed E-state index contributed by atoms with van der Waals surface area (Å²) in [6.45, 7) is 1.83. The van der Waals surface area contributed by atoms with Gasteiger partial charge in [-0.2, -0.15) is 0 Å². The zero-order valence-corrected chi connectivity index (χ0v) is 9.72. The van der Waals surface area contributed by atoms with Crippen LogP contribution in [0.5, 0.6) is 0 Å². The summed E-state index contributed by atoms with van der Waals surface area (Å²) in [5.74, 6) is -3.37. The van der Waals surface area contributed by atoms with Crippen LogP contribution in [0, 0.1) is 18.7 Å². The summed E-state index contributed by atoms with van der Waals surface area (Å²) in [5, 5.41) is 0. The van der Waals surface area contributed by atoms with Crippen molar-refractivity contribution in [3.05, 3.63) is 35.1 Å². The molecule has 0 aliphatic heterocycles. The van der Waals surface area contributed by atoms with Crippen molar-refractivity contribution in [2.45, 2.75) is 38.2 Å². The average Bonchev–Trinajstić information content (AvgIpc) is 2.61. The second-order valence-electron chi connectivity index (χ2n) is 4.91. The average molecular weight is 243 g/mol. The van der Waals surface area contributed by atoms with Crippen molar-refractivity contribution in [3.8, 4) is 0 Å². The summed E-state index contributed by atoms with van der Waals surface area (Å²) < 4.78 is 39.8. The quantitative estimate of drug-likeness (QED) is 0.844. The van der Waals surface area contributed by atoms with Crippen LogP contribution in [0.25, 0.3) is 0 Å². The first-order valence-corrected chi connectivity index (χ1v) is 5.78. The number of hydrogen-bond donors (Lipinski definition) is 1. The summed E-state index contributed by atoms with van der Waals surface area (Å²) >= 11 is 0. The molecule has 2 N–H and O–H groups in total. The van der Waals surface area contributed by atoms with E-state index >= 15 is 0 Å². The van der Waals surface area contributed by atoms with Crippen molar-refractivity contribution in [1.29, 1.82) is 0 Å². The lowest BCUT2D eigenvalue weighted by atomic mass is 9.91. The molecule has 1 aromatic rings. The molecule has 0 spiro atoms. The molecule has 0 bridgehead atoms. The fraction of sp³-hybridized carbons (Fsp3) is 0.538. The number of halogens is 3. The van der Waals surface area contributed by atoms with E-state index in [4.69, 9.17) is 5.73 Å². The highest BCUT2D eigenvalue weighted by Gasteiger charge is 2.42. The molecule has 4 heteroatoms. The Balaban J connectivity index is 2.20. The van der Waals surface area contributed by atoms with Crippen molar-refractivity contribution in [2.75, 3.05) is 0 Å². The molecule has 1 aromatic carbocycles. The summed E-state index contributed by atoms with van der Waals surface area (Å²) in [7, 11) is 0. The summed E-state index contributed by atoms with van der Waals surface area (Å²) in [6, 6.07) is 4.01. The first kappa shape index (κ1) is 12.4. The Morgan fingerprint density at radius 3 is 2.71 bits per heavy atom. The van der Waals surface area contributed by atoms with Gasteiger partial charge in [0.15, 0.2) is 0 Å². The van der Waals surface area contributed by atoms with Crippen molar-refractivity contribution >= 4 is 0 Å². The normalized spacial score (nSPS) is 24.9. The third-order valence-corrected chi connectivity index (χ3v) is 3.46. The summed E-state index contributed by atoms with van der Waals surface area (Å²) in [6.07, 6.45) is -0.0120. The topological polar surface area (TPSA) is 26.0 Å². The molecule has 1 aliphatic rings. The molecule has 0 radical (unpaired) electrons. The molecule has 0 saturated heterocycles. The Kier molecular flexibility index (Phi) is 3.17. The minimum Gasteiger partial charge on any atom is -0.324 e. The molecule has 2 unspecified atom stereocenters. The third-order valence-electron chi connectivity index (χ3n) is 3.46. The standard InChI is InChI=1S/C13H16F3N/c1-8-2-3-11(14)10(6-8)12(17)9-4-5-13(15,16)7-9/h2-3,6,9,12H,4-5,7,17H2,1H3. The predicted molar refractivity (Wildman–Crippen MR) is 60.4 cm³/mol. The van der Waals surface area contributed by atoms with Gasteiger partial charge in [0.25, 0.3) is 0 Å². The monoisotopic (exact) mass is 243 g/mol. The lowest BCUT2D eigenvalue weighted by Crippen LogP contribution is -2.22. The number of rotatable bonds is 2. The number of alkyl halides is 2. The van der Waals surface area contributed by atoms with Gasteiger partial charge in [0, 0.05) is 24.4 Å². The largest absolute Gasteiger partial charge is 0.324 e. The van der Waals surface area contributed by atoms with Gasteiger partial charge < -0.3 is 5.73 Å². The summed E-state index contributed by atoms with van der Waals surface area (Å²) in [5.41, 5.74) is 7.16. The fourth-order valence-corrected chi connectivity index (χ4v) is 2.46. The van der Waals surface area contributed by atoms with Gasteiger partial charge in [-0.05, 0) is 25.3 Å². The molecule has 2 atom stereocenters. The fourth-order valence-electron chi connectivity index (χ4n) is 2.46. The number of benzene rings is 1. The molecule has 94 valence electrons. The van der Waals surface area contributed by atoms with Crippen LogP contribution in [-0.2, 0) is 0 Å². The number of aryl methyl sites for hydroxylation is 1. The summed E-state index contributed by atoms with van der Waals surface area (Å²) in [4.78, 5) is 0. The van der Waals surface area contributed by atoms with Crippen molar-refractivity contribution in [2.24, 2.45) is 11.7 Å². The third kappa shape index (κ3) is 2.63. The van der Waals surface area contributed by atoms with E-state index < -0.39 is 17.8 Å². The van der Waals surface area contributed by atoms with Gasteiger partial charge in [-0.1, -0.05) is 17.7 Å². The Morgan fingerprint density at radius 2 is 2.12 bits per heavy atom. The Bertz CT molecular complexity index is 417. The van der Waals surface area contributed by atoms with Crippen molar-refractivity contribution in [3.63, 3.8) is 0 Å². The highest BCUT2D eigenvalue weighted by atomic mass is 19.3. The molecule has 1 nitrogen and oxygen atoms in total. The first-order chi connectivity index (χ1) is 7.89. The van der Waals surface area contributed by atoms with Crippen LogP contribution in [0.3, 0.4) is 0 Å². The highest BCUT2D eigenvalue weighted by molar-refractivity contribution is 5.27. The van der Waals surface area contributed by atoms with Gasteiger partial charge in [0.1, 0.15) is 5.82 Å². The second kappa shape index (κ2) is 4.33. The predicted octanol–water partition coefficient (Wildman–Crippen LogP) is 3.57. The lowest BCUT2D eigenvalue weighted by molar-refractivity contribution is 0.00385. The molecular formula is C13H16F3N. The van der Waals surface area contributed by atoms with Crippen LogP contribution in [0.4, 0.5) is 13.2 Å². The van der Waals surface area contributed by atoms with Crippen LogP contribution >= 0.6 is 0 Å². The van der Waals surface area contributed by atoms with E-state index in [-0.39, 0.29) is 18.8 Å². The number of nitrogens with two attached hydrogens (primary N) is 1. The van der Waals surface area contributed by atoms with E-state index in [1.165, 1.54) is 6.07 Å². The van der Waals surface area contributed by atoms with E-state index in [0.29, 0.717) is 12.0 Å². The van der Waals surface area contributed by atoms with Crippen molar-refractivity contribution < 1.29 is 13.2 Å². The Labute approximate surface area is 98.8 Å². The van der Waals surface area contributed by atoms with Crippen LogP contribution in [-0.4, -0.2) is 5.92 Å². The van der Waals surface area contributed by atoms with Crippen molar-refractivity contribution in [1.82, 2.24) is 0 Å². The molecular weight excluding hydrogens is 227 g/mol. The van der Waals surface area contributed by atoms with E-state index in [1.54, 1.807) is 12.1 Å². The van der Waals surface area contributed by atoms with E-state index in [1.807, 2.05) is 6.92 Å². The van der Waals surface area contributed by atoms with Gasteiger partial charge in [-0.15, -0.1) is 0 Å². The van der Waals surface area contributed by atoms with Gasteiger partial charge in [0.05, 0.1) is 0 Å². The minimum absolute atomic E-state index is 0.140.